The Kier molecular flexibility index (Phi) is 7.41. The molecule has 3 unspecified atom stereocenters. The fraction of sp³-hybridized carbons (Fsp3) is 0.579. The standard InChI is InChI=1S/C19H26ClFN2O3/c1-12-5-3-8-17(13(12)2)23(11-18(24)22-9-19(25)26)10-14-15(20)6-4-7-16(14)21/h4,6-7,12-13,17H,3,5,8-11H2,1-2H3,(H,22,24)(H,25,26). The molecule has 0 heterocycles. The zero-order valence-electron chi connectivity index (χ0n) is 15.2. The maximum atomic E-state index is 14.3. The molecular weight excluding hydrogens is 359 g/mol. The van der Waals surface area contributed by atoms with Crippen molar-refractivity contribution < 1.29 is 19.1 Å². The number of nitrogens with zero attached hydrogens (tertiary/aromatic N) is 1. The second-order valence-corrected chi connectivity index (χ2v) is 7.52. The van der Waals surface area contributed by atoms with Crippen LogP contribution < -0.4 is 5.32 Å². The molecule has 2 N–H and O–H groups in total. The van der Waals surface area contributed by atoms with Crippen LogP contribution in [0.15, 0.2) is 18.2 Å². The average molecular weight is 385 g/mol. The molecule has 1 fully saturated rings. The van der Waals surface area contributed by atoms with Crippen LogP contribution in [0.4, 0.5) is 4.39 Å². The fourth-order valence-electron chi connectivity index (χ4n) is 3.66. The van der Waals surface area contributed by atoms with E-state index in [-0.39, 0.29) is 25.0 Å². The summed E-state index contributed by atoms with van der Waals surface area (Å²) in [6, 6.07) is 4.66. The van der Waals surface area contributed by atoms with Gasteiger partial charge in [0, 0.05) is 23.2 Å². The maximum Gasteiger partial charge on any atom is 0.322 e. The summed E-state index contributed by atoms with van der Waals surface area (Å²) in [5, 5.41) is 11.5. The molecule has 1 amide bonds. The average Bonchev–Trinajstić information content (AvgIpc) is 2.58. The van der Waals surface area contributed by atoms with Crippen molar-refractivity contribution in [1.29, 1.82) is 0 Å². The molecule has 5 nitrogen and oxygen atoms in total. The molecule has 0 saturated heterocycles. The van der Waals surface area contributed by atoms with Gasteiger partial charge >= 0.3 is 5.97 Å². The van der Waals surface area contributed by atoms with Crippen molar-refractivity contribution >= 4 is 23.5 Å². The lowest BCUT2D eigenvalue weighted by molar-refractivity contribution is -0.138. The summed E-state index contributed by atoms with van der Waals surface area (Å²) < 4.78 is 14.3. The van der Waals surface area contributed by atoms with E-state index in [9.17, 15) is 14.0 Å². The van der Waals surface area contributed by atoms with Crippen LogP contribution in [0, 0.1) is 17.7 Å². The first-order chi connectivity index (χ1) is 12.3. The van der Waals surface area contributed by atoms with Gasteiger partial charge in [-0.2, -0.15) is 0 Å². The summed E-state index contributed by atoms with van der Waals surface area (Å²) >= 11 is 6.17. The lowest BCUT2D eigenvalue weighted by Gasteiger charge is -2.41. The third kappa shape index (κ3) is 5.42. The molecule has 7 heteroatoms. The lowest BCUT2D eigenvalue weighted by atomic mass is 9.77. The monoisotopic (exact) mass is 384 g/mol. The van der Waals surface area contributed by atoms with Gasteiger partial charge in [0.2, 0.25) is 5.91 Å². The number of carboxylic acid groups (broad SMARTS) is 1. The zero-order chi connectivity index (χ0) is 19.3. The molecule has 0 bridgehead atoms. The zero-order valence-corrected chi connectivity index (χ0v) is 15.9. The Morgan fingerprint density at radius 2 is 2.08 bits per heavy atom. The highest BCUT2D eigenvalue weighted by atomic mass is 35.5. The minimum absolute atomic E-state index is 0.0136. The summed E-state index contributed by atoms with van der Waals surface area (Å²) in [6.07, 6.45) is 3.11. The second-order valence-electron chi connectivity index (χ2n) is 7.11. The van der Waals surface area contributed by atoms with Crippen LogP contribution in [-0.2, 0) is 16.1 Å². The first-order valence-corrected chi connectivity index (χ1v) is 9.32. The minimum Gasteiger partial charge on any atom is -0.480 e. The molecule has 0 aliphatic heterocycles. The Balaban J connectivity index is 2.20. The Bertz CT molecular complexity index is 635. The minimum atomic E-state index is -1.10. The van der Waals surface area contributed by atoms with E-state index < -0.39 is 18.3 Å². The molecular formula is C19H26ClFN2O3. The van der Waals surface area contributed by atoms with Gasteiger partial charge in [0.1, 0.15) is 12.4 Å². The smallest absolute Gasteiger partial charge is 0.322 e. The van der Waals surface area contributed by atoms with Gasteiger partial charge < -0.3 is 10.4 Å². The number of carbonyl (C=O) groups excluding carboxylic acids is 1. The molecule has 0 aromatic heterocycles. The molecule has 26 heavy (non-hydrogen) atoms. The number of benzene rings is 1. The highest BCUT2D eigenvalue weighted by molar-refractivity contribution is 6.31. The molecule has 0 spiro atoms. The molecule has 1 saturated carbocycles. The van der Waals surface area contributed by atoms with Crippen LogP contribution in [-0.4, -0.2) is 41.0 Å². The Morgan fingerprint density at radius 3 is 2.73 bits per heavy atom. The van der Waals surface area contributed by atoms with E-state index in [1.165, 1.54) is 6.07 Å². The molecule has 1 aromatic rings. The fourth-order valence-corrected chi connectivity index (χ4v) is 3.88. The molecule has 1 aliphatic carbocycles. The largest absolute Gasteiger partial charge is 0.480 e. The van der Waals surface area contributed by atoms with E-state index in [2.05, 4.69) is 19.2 Å². The number of carboxylic acids is 1. The van der Waals surface area contributed by atoms with Crippen molar-refractivity contribution in [2.24, 2.45) is 11.8 Å². The van der Waals surface area contributed by atoms with Crippen LogP contribution in [0.3, 0.4) is 0 Å². The number of carbonyl (C=O) groups is 2. The van der Waals surface area contributed by atoms with Gasteiger partial charge in [-0.15, -0.1) is 0 Å². The third-order valence-corrected chi connectivity index (χ3v) is 5.69. The number of hydrogen-bond donors (Lipinski definition) is 2. The van der Waals surface area contributed by atoms with Gasteiger partial charge in [0.05, 0.1) is 6.54 Å². The molecule has 1 aromatic carbocycles. The van der Waals surface area contributed by atoms with Crippen LogP contribution in [0.1, 0.15) is 38.7 Å². The van der Waals surface area contributed by atoms with Gasteiger partial charge in [-0.25, -0.2) is 4.39 Å². The third-order valence-electron chi connectivity index (χ3n) is 5.34. The SMILES string of the molecule is CC1CCCC(N(CC(=O)NCC(=O)O)Cc2c(F)cccc2Cl)C1C. The molecule has 0 radical (unpaired) electrons. The van der Waals surface area contributed by atoms with Crippen LogP contribution in [0.25, 0.3) is 0 Å². The number of halogens is 2. The molecule has 1 aliphatic rings. The highest BCUT2D eigenvalue weighted by Crippen LogP contribution is 2.34. The maximum absolute atomic E-state index is 14.3. The number of nitrogens with one attached hydrogen (secondary N) is 1. The van der Waals surface area contributed by atoms with Crippen molar-refractivity contribution in [2.75, 3.05) is 13.1 Å². The summed E-state index contributed by atoms with van der Waals surface area (Å²) in [7, 11) is 0. The van der Waals surface area contributed by atoms with E-state index in [0.29, 0.717) is 22.4 Å². The summed E-state index contributed by atoms with van der Waals surface area (Å²) in [4.78, 5) is 24.8. The van der Waals surface area contributed by atoms with Crippen LogP contribution >= 0.6 is 11.6 Å². The van der Waals surface area contributed by atoms with Crippen molar-refractivity contribution in [3.8, 4) is 0 Å². The van der Waals surface area contributed by atoms with Gasteiger partial charge in [-0.1, -0.05) is 44.4 Å². The predicted octanol–water partition coefficient (Wildman–Crippen LogP) is 3.31. The highest BCUT2D eigenvalue weighted by Gasteiger charge is 2.33. The topological polar surface area (TPSA) is 69.6 Å². The normalized spacial score (nSPS) is 23.0. The van der Waals surface area contributed by atoms with E-state index in [1.807, 2.05) is 4.90 Å². The van der Waals surface area contributed by atoms with Gasteiger partial charge in [0.25, 0.3) is 0 Å². The van der Waals surface area contributed by atoms with E-state index in [0.717, 1.165) is 19.3 Å². The van der Waals surface area contributed by atoms with Crippen LogP contribution in [0.5, 0.6) is 0 Å². The Labute approximate surface area is 158 Å². The summed E-state index contributed by atoms with van der Waals surface area (Å²) in [6.45, 7) is 4.15. The number of rotatable bonds is 7. The lowest BCUT2D eigenvalue weighted by Crippen LogP contribution is -2.48. The van der Waals surface area contributed by atoms with Gasteiger partial charge in [-0.3, -0.25) is 14.5 Å². The van der Waals surface area contributed by atoms with Gasteiger partial charge in [0.15, 0.2) is 0 Å². The van der Waals surface area contributed by atoms with Gasteiger partial charge in [-0.05, 0) is 30.4 Å². The number of amides is 1. The predicted molar refractivity (Wildman–Crippen MR) is 98.4 cm³/mol. The Morgan fingerprint density at radius 1 is 1.35 bits per heavy atom. The molecule has 2 rings (SSSR count). The molecule has 144 valence electrons. The second kappa shape index (κ2) is 9.33. The summed E-state index contributed by atoms with van der Waals surface area (Å²) in [5.74, 6) is -1.02. The van der Waals surface area contributed by atoms with E-state index >= 15 is 0 Å². The van der Waals surface area contributed by atoms with Crippen molar-refractivity contribution in [3.63, 3.8) is 0 Å². The van der Waals surface area contributed by atoms with E-state index in [4.69, 9.17) is 16.7 Å². The van der Waals surface area contributed by atoms with Crippen LogP contribution in [0.2, 0.25) is 5.02 Å². The Hall–Kier alpha value is -1.66. The quantitative estimate of drug-likeness (QED) is 0.756. The molecule has 3 atom stereocenters. The van der Waals surface area contributed by atoms with Crippen molar-refractivity contribution in [2.45, 2.75) is 45.7 Å². The first-order valence-electron chi connectivity index (χ1n) is 8.95. The van der Waals surface area contributed by atoms with Crippen molar-refractivity contribution in [3.05, 3.63) is 34.6 Å². The van der Waals surface area contributed by atoms with Crippen molar-refractivity contribution in [1.82, 2.24) is 10.2 Å². The number of aliphatic carboxylic acids is 1. The summed E-state index contributed by atoms with van der Waals surface area (Å²) in [5.41, 5.74) is 0.366. The van der Waals surface area contributed by atoms with E-state index in [1.54, 1.807) is 12.1 Å². The number of hydrogen-bond acceptors (Lipinski definition) is 3. The first kappa shape index (κ1) is 20.6.